The van der Waals surface area contributed by atoms with E-state index in [2.05, 4.69) is 5.43 Å². The van der Waals surface area contributed by atoms with Crippen LogP contribution >= 0.6 is 11.8 Å². The molecule has 0 spiro atoms. The Bertz CT molecular complexity index is 417. The molecule has 2 rings (SSSR count). The molecular formula is C13H17F3N2S. The summed E-state index contributed by atoms with van der Waals surface area (Å²) in [6.45, 7) is 0. The van der Waals surface area contributed by atoms with Crippen LogP contribution in [0.5, 0.6) is 0 Å². The Balaban J connectivity index is 2.32. The number of halogens is 3. The first-order chi connectivity index (χ1) is 9.04. The minimum absolute atomic E-state index is 0.0993. The van der Waals surface area contributed by atoms with Gasteiger partial charge in [-0.15, -0.1) is 0 Å². The Kier molecular flexibility index (Phi) is 4.76. The molecule has 2 atom stereocenters. The van der Waals surface area contributed by atoms with Gasteiger partial charge in [0.25, 0.3) is 0 Å². The molecular weight excluding hydrogens is 273 g/mol. The summed E-state index contributed by atoms with van der Waals surface area (Å²) in [5.74, 6) is 6.50. The number of benzene rings is 1. The summed E-state index contributed by atoms with van der Waals surface area (Å²) >= 11 is 1.70. The zero-order valence-corrected chi connectivity index (χ0v) is 11.2. The molecule has 1 aliphatic rings. The first-order valence-corrected chi connectivity index (χ1v) is 7.33. The number of nitrogens with two attached hydrogens (primary N) is 1. The smallest absolute Gasteiger partial charge is 0.271 e. The van der Waals surface area contributed by atoms with Gasteiger partial charge in [-0.3, -0.25) is 11.3 Å². The highest BCUT2D eigenvalue weighted by molar-refractivity contribution is 8.00. The Morgan fingerprint density at radius 2 is 2.00 bits per heavy atom. The predicted molar refractivity (Wildman–Crippen MR) is 71.6 cm³/mol. The molecule has 0 aliphatic carbocycles. The molecule has 106 valence electrons. The molecule has 1 heterocycles. The summed E-state index contributed by atoms with van der Waals surface area (Å²) in [7, 11) is 0. The molecule has 3 N–H and O–H groups in total. The van der Waals surface area contributed by atoms with Crippen molar-refractivity contribution in [3.8, 4) is 0 Å². The second kappa shape index (κ2) is 6.15. The van der Waals surface area contributed by atoms with Gasteiger partial charge in [-0.25, -0.2) is 0 Å². The second-order valence-electron chi connectivity index (χ2n) is 4.63. The average Bonchev–Trinajstić information content (AvgIpc) is 2.40. The van der Waals surface area contributed by atoms with Crippen molar-refractivity contribution in [2.24, 2.45) is 5.84 Å². The van der Waals surface area contributed by atoms with Crippen molar-refractivity contribution < 1.29 is 13.2 Å². The number of thioether (sulfide) groups is 1. The summed E-state index contributed by atoms with van der Waals surface area (Å²) in [5.41, 5.74) is 2.23. The lowest BCUT2D eigenvalue weighted by Gasteiger charge is -2.31. The molecule has 1 aliphatic heterocycles. The van der Waals surface area contributed by atoms with E-state index in [-0.39, 0.29) is 10.8 Å². The van der Waals surface area contributed by atoms with Crippen LogP contribution in [0.1, 0.15) is 36.4 Å². The lowest BCUT2D eigenvalue weighted by Crippen LogP contribution is -2.37. The molecule has 19 heavy (non-hydrogen) atoms. The first-order valence-electron chi connectivity index (χ1n) is 6.28. The molecule has 2 nitrogen and oxygen atoms in total. The molecule has 0 bridgehead atoms. The third-order valence-corrected chi connectivity index (χ3v) is 4.83. The van der Waals surface area contributed by atoms with Crippen molar-refractivity contribution in [3.05, 3.63) is 35.4 Å². The van der Waals surface area contributed by atoms with E-state index in [0.717, 1.165) is 31.1 Å². The highest BCUT2D eigenvalue weighted by atomic mass is 32.2. The van der Waals surface area contributed by atoms with Gasteiger partial charge >= 0.3 is 6.18 Å². The standard InChI is InChI=1S/C13H17F3N2S/c14-13(15,16)10-6-2-1-5-9(10)12(18-17)11-7-3-4-8-19-11/h1-2,5-6,11-12,18H,3-4,7-8,17H2. The summed E-state index contributed by atoms with van der Waals surface area (Å²) in [6, 6.07) is 5.22. The Morgan fingerprint density at radius 3 is 2.58 bits per heavy atom. The minimum Gasteiger partial charge on any atom is -0.271 e. The lowest BCUT2D eigenvalue weighted by molar-refractivity contribution is -0.138. The van der Waals surface area contributed by atoms with E-state index >= 15 is 0 Å². The van der Waals surface area contributed by atoms with Crippen molar-refractivity contribution in [3.63, 3.8) is 0 Å². The average molecular weight is 290 g/mol. The minimum atomic E-state index is -4.34. The number of alkyl halides is 3. The van der Waals surface area contributed by atoms with Crippen molar-refractivity contribution in [2.75, 3.05) is 5.75 Å². The number of rotatable bonds is 3. The second-order valence-corrected chi connectivity index (χ2v) is 5.98. The molecule has 0 radical (unpaired) electrons. The SMILES string of the molecule is NNC(c1ccccc1C(F)(F)F)C1CCCCS1. The number of hydrazine groups is 1. The fourth-order valence-corrected chi connectivity index (χ4v) is 3.88. The van der Waals surface area contributed by atoms with E-state index in [9.17, 15) is 13.2 Å². The quantitative estimate of drug-likeness (QED) is 0.661. The zero-order chi connectivity index (χ0) is 13.9. The molecule has 0 amide bonds. The predicted octanol–water partition coefficient (Wildman–Crippen LogP) is 3.50. The van der Waals surface area contributed by atoms with Crippen LogP contribution in [-0.2, 0) is 6.18 Å². The monoisotopic (exact) mass is 290 g/mol. The van der Waals surface area contributed by atoms with Gasteiger partial charge in [0.05, 0.1) is 11.6 Å². The zero-order valence-electron chi connectivity index (χ0n) is 10.4. The van der Waals surface area contributed by atoms with Gasteiger partial charge in [-0.1, -0.05) is 24.6 Å². The molecule has 1 aromatic rings. The topological polar surface area (TPSA) is 38.0 Å². The Morgan fingerprint density at radius 1 is 1.26 bits per heavy atom. The van der Waals surface area contributed by atoms with Gasteiger partial charge in [-0.05, 0) is 30.2 Å². The van der Waals surface area contributed by atoms with Gasteiger partial charge in [0, 0.05) is 5.25 Å². The van der Waals surface area contributed by atoms with Crippen LogP contribution in [-0.4, -0.2) is 11.0 Å². The maximum Gasteiger partial charge on any atom is 0.416 e. The maximum absolute atomic E-state index is 13.0. The molecule has 1 fully saturated rings. The molecule has 2 unspecified atom stereocenters. The molecule has 1 aromatic carbocycles. The van der Waals surface area contributed by atoms with Gasteiger partial charge < -0.3 is 0 Å². The van der Waals surface area contributed by atoms with Crippen LogP contribution in [0, 0.1) is 0 Å². The summed E-state index contributed by atoms with van der Waals surface area (Å²) < 4.78 is 39.1. The number of hydrogen-bond acceptors (Lipinski definition) is 3. The summed E-state index contributed by atoms with van der Waals surface area (Å²) in [6.07, 6.45) is -1.28. The third kappa shape index (κ3) is 3.43. The van der Waals surface area contributed by atoms with E-state index in [0.29, 0.717) is 0 Å². The van der Waals surface area contributed by atoms with Crippen LogP contribution in [0.25, 0.3) is 0 Å². The highest BCUT2D eigenvalue weighted by Crippen LogP contribution is 2.40. The van der Waals surface area contributed by atoms with Crippen LogP contribution < -0.4 is 11.3 Å². The number of nitrogens with one attached hydrogen (secondary N) is 1. The Labute approximate surface area is 114 Å². The molecule has 6 heteroatoms. The van der Waals surface area contributed by atoms with Crippen LogP contribution in [0.2, 0.25) is 0 Å². The first kappa shape index (κ1) is 14.7. The number of hydrogen-bond donors (Lipinski definition) is 2. The van der Waals surface area contributed by atoms with E-state index in [1.165, 1.54) is 12.1 Å². The van der Waals surface area contributed by atoms with Gasteiger partial charge in [-0.2, -0.15) is 24.9 Å². The summed E-state index contributed by atoms with van der Waals surface area (Å²) in [5, 5.41) is 0.0993. The fourth-order valence-electron chi connectivity index (χ4n) is 2.45. The molecule has 0 saturated carbocycles. The van der Waals surface area contributed by atoms with Gasteiger partial charge in [0.15, 0.2) is 0 Å². The van der Waals surface area contributed by atoms with Gasteiger partial charge in [0.2, 0.25) is 0 Å². The molecule has 0 aromatic heterocycles. The van der Waals surface area contributed by atoms with Crippen molar-refractivity contribution in [2.45, 2.75) is 36.7 Å². The van der Waals surface area contributed by atoms with E-state index < -0.39 is 17.8 Å². The normalized spacial score (nSPS) is 22.2. The highest BCUT2D eigenvalue weighted by Gasteiger charge is 2.37. The fraction of sp³-hybridized carbons (Fsp3) is 0.538. The van der Waals surface area contributed by atoms with Crippen LogP contribution in [0.15, 0.2) is 24.3 Å². The van der Waals surface area contributed by atoms with Gasteiger partial charge in [0.1, 0.15) is 0 Å². The van der Waals surface area contributed by atoms with E-state index in [4.69, 9.17) is 5.84 Å². The maximum atomic E-state index is 13.0. The molecule has 1 saturated heterocycles. The van der Waals surface area contributed by atoms with Crippen molar-refractivity contribution in [1.29, 1.82) is 0 Å². The Hall–Kier alpha value is -0.720. The van der Waals surface area contributed by atoms with Crippen LogP contribution in [0.3, 0.4) is 0 Å². The van der Waals surface area contributed by atoms with Crippen LogP contribution in [0.4, 0.5) is 13.2 Å². The van der Waals surface area contributed by atoms with Crippen molar-refractivity contribution >= 4 is 11.8 Å². The van der Waals surface area contributed by atoms with Crippen molar-refractivity contribution in [1.82, 2.24) is 5.43 Å². The van der Waals surface area contributed by atoms with E-state index in [1.54, 1.807) is 17.8 Å². The summed E-state index contributed by atoms with van der Waals surface area (Å²) in [4.78, 5) is 0. The third-order valence-electron chi connectivity index (χ3n) is 3.37. The largest absolute Gasteiger partial charge is 0.416 e. The van der Waals surface area contributed by atoms with E-state index in [1.807, 2.05) is 0 Å². The lowest BCUT2D eigenvalue weighted by atomic mass is 9.95.